The van der Waals surface area contributed by atoms with Crippen molar-refractivity contribution >= 4 is 0 Å². The molecule has 3 heteroatoms. The molecule has 0 radical (unpaired) electrons. The number of benzene rings is 1. The van der Waals surface area contributed by atoms with Gasteiger partial charge in [-0.25, -0.2) is 0 Å². The molecule has 1 aliphatic carbocycles. The van der Waals surface area contributed by atoms with Gasteiger partial charge in [-0.15, -0.1) is 0 Å². The first-order chi connectivity index (χ1) is 10.2. The van der Waals surface area contributed by atoms with Gasteiger partial charge in [0.1, 0.15) is 5.75 Å². The number of aromatic nitrogens is 1. The Morgan fingerprint density at radius 3 is 2.67 bits per heavy atom. The van der Waals surface area contributed by atoms with Crippen LogP contribution in [0.25, 0.3) is 0 Å². The SMILES string of the molecule is COc1ccc([C@H](C)c2ccc3c(n2)C(N)CCC3)cc1. The van der Waals surface area contributed by atoms with Gasteiger partial charge in [-0.1, -0.05) is 25.1 Å². The molecule has 21 heavy (non-hydrogen) atoms. The van der Waals surface area contributed by atoms with E-state index in [2.05, 4.69) is 31.2 Å². The van der Waals surface area contributed by atoms with Gasteiger partial charge < -0.3 is 10.5 Å². The quantitative estimate of drug-likeness (QED) is 0.936. The minimum absolute atomic E-state index is 0.0942. The van der Waals surface area contributed by atoms with E-state index in [0.29, 0.717) is 0 Å². The lowest BCUT2D eigenvalue weighted by molar-refractivity contribution is 0.414. The Bertz CT molecular complexity index is 622. The van der Waals surface area contributed by atoms with E-state index in [0.717, 1.165) is 30.0 Å². The molecule has 0 fully saturated rings. The van der Waals surface area contributed by atoms with Gasteiger partial charge in [0.05, 0.1) is 12.8 Å². The molecule has 2 atom stereocenters. The second-order valence-corrected chi connectivity index (χ2v) is 5.77. The molecular weight excluding hydrogens is 260 g/mol. The van der Waals surface area contributed by atoms with E-state index in [-0.39, 0.29) is 12.0 Å². The number of pyridine rings is 1. The highest BCUT2D eigenvalue weighted by molar-refractivity contribution is 5.35. The summed E-state index contributed by atoms with van der Waals surface area (Å²) in [7, 11) is 1.69. The summed E-state index contributed by atoms with van der Waals surface area (Å²) in [6.45, 7) is 2.19. The lowest BCUT2D eigenvalue weighted by atomic mass is 9.90. The Balaban J connectivity index is 1.90. The van der Waals surface area contributed by atoms with Crippen LogP contribution in [0.1, 0.15) is 54.2 Å². The van der Waals surface area contributed by atoms with Crippen molar-refractivity contribution < 1.29 is 4.74 Å². The average Bonchev–Trinajstić information content (AvgIpc) is 2.54. The maximum absolute atomic E-state index is 6.21. The standard InChI is InChI=1S/C18H22N2O/c1-12(13-6-9-15(21-2)10-7-13)17-11-8-14-4-3-5-16(19)18(14)20-17/h6-12,16H,3-5,19H2,1-2H3/t12-,16?/m0/s1. The number of nitrogens with two attached hydrogens (primary N) is 1. The summed E-state index contributed by atoms with van der Waals surface area (Å²) in [5.41, 5.74) is 11.0. The highest BCUT2D eigenvalue weighted by Crippen LogP contribution is 2.30. The second kappa shape index (κ2) is 5.86. The van der Waals surface area contributed by atoms with Gasteiger partial charge in [-0.05, 0) is 48.6 Å². The number of methoxy groups -OCH3 is 1. The number of nitrogens with zero attached hydrogens (tertiary/aromatic N) is 1. The van der Waals surface area contributed by atoms with Crippen molar-refractivity contribution in [2.75, 3.05) is 7.11 Å². The third-order valence-corrected chi connectivity index (χ3v) is 4.41. The monoisotopic (exact) mass is 282 g/mol. The van der Waals surface area contributed by atoms with Crippen LogP contribution in [0.3, 0.4) is 0 Å². The molecule has 1 heterocycles. The van der Waals surface area contributed by atoms with Crippen LogP contribution in [0.5, 0.6) is 5.75 Å². The van der Waals surface area contributed by atoms with E-state index in [1.54, 1.807) is 7.11 Å². The Hall–Kier alpha value is -1.87. The van der Waals surface area contributed by atoms with E-state index in [1.807, 2.05) is 12.1 Å². The molecule has 1 unspecified atom stereocenters. The molecule has 1 aromatic heterocycles. The zero-order chi connectivity index (χ0) is 14.8. The van der Waals surface area contributed by atoms with E-state index < -0.39 is 0 Å². The fourth-order valence-corrected chi connectivity index (χ4v) is 3.01. The zero-order valence-corrected chi connectivity index (χ0v) is 12.7. The minimum Gasteiger partial charge on any atom is -0.497 e. The lowest BCUT2D eigenvalue weighted by Crippen LogP contribution is -2.20. The van der Waals surface area contributed by atoms with Gasteiger partial charge in [0, 0.05) is 17.7 Å². The maximum Gasteiger partial charge on any atom is 0.118 e. The molecule has 3 nitrogen and oxygen atoms in total. The molecule has 2 N–H and O–H groups in total. The highest BCUT2D eigenvalue weighted by Gasteiger charge is 2.20. The normalized spacial score (nSPS) is 18.9. The van der Waals surface area contributed by atoms with Crippen molar-refractivity contribution in [2.24, 2.45) is 5.73 Å². The van der Waals surface area contributed by atoms with Gasteiger partial charge in [-0.2, -0.15) is 0 Å². The molecule has 0 bridgehead atoms. The molecule has 0 aliphatic heterocycles. The smallest absolute Gasteiger partial charge is 0.118 e. The van der Waals surface area contributed by atoms with Crippen LogP contribution in [-0.2, 0) is 6.42 Å². The number of hydrogen-bond acceptors (Lipinski definition) is 3. The first-order valence-electron chi connectivity index (χ1n) is 7.58. The fraction of sp³-hybridized carbons (Fsp3) is 0.389. The van der Waals surface area contributed by atoms with Crippen LogP contribution in [0.15, 0.2) is 36.4 Å². The molecule has 0 amide bonds. The number of rotatable bonds is 3. The number of hydrogen-bond donors (Lipinski definition) is 1. The van der Waals surface area contributed by atoms with E-state index >= 15 is 0 Å². The van der Waals surface area contributed by atoms with Gasteiger partial charge in [0.25, 0.3) is 0 Å². The van der Waals surface area contributed by atoms with Crippen molar-refractivity contribution in [2.45, 2.75) is 38.1 Å². The minimum atomic E-state index is 0.0942. The summed E-state index contributed by atoms with van der Waals surface area (Å²) in [5.74, 6) is 1.14. The molecule has 1 aromatic carbocycles. The summed E-state index contributed by atoms with van der Waals surface area (Å²) in [6.07, 6.45) is 3.32. The van der Waals surface area contributed by atoms with Gasteiger partial charge in [0.15, 0.2) is 0 Å². The number of fused-ring (bicyclic) bond motifs is 1. The summed E-state index contributed by atoms with van der Waals surface area (Å²) < 4.78 is 5.21. The number of aryl methyl sites for hydroxylation is 1. The first-order valence-corrected chi connectivity index (χ1v) is 7.58. The largest absolute Gasteiger partial charge is 0.497 e. The van der Waals surface area contributed by atoms with Gasteiger partial charge in [0.2, 0.25) is 0 Å². The first kappa shape index (κ1) is 14.1. The zero-order valence-electron chi connectivity index (χ0n) is 12.7. The predicted molar refractivity (Wildman–Crippen MR) is 84.6 cm³/mol. The van der Waals surface area contributed by atoms with Crippen molar-refractivity contribution in [3.05, 3.63) is 58.9 Å². The molecule has 0 spiro atoms. The van der Waals surface area contributed by atoms with Crippen molar-refractivity contribution in [3.8, 4) is 5.75 Å². The molecule has 0 saturated carbocycles. The Morgan fingerprint density at radius 1 is 1.19 bits per heavy atom. The molecule has 2 aromatic rings. The summed E-state index contributed by atoms with van der Waals surface area (Å²) in [4.78, 5) is 4.86. The predicted octanol–water partition coefficient (Wildman–Crippen LogP) is 3.58. The van der Waals surface area contributed by atoms with Crippen molar-refractivity contribution in [3.63, 3.8) is 0 Å². The van der Waals surface area contributed by atoms with Crippen LogP contribution in [0.2, 0.25) is 0 Å². The van der Waals surface area contributed by atoms with Crippen LogP contribution < -0.4 is 10.5 Å². The summed E-state index contributed by atoms with van der Waals surface area (Å²) in [5, 5.41) is 0. The van der Waals surface area contributed by atoms with E-state index in [9.17, 15) is 0 Å². The van der Waals surface area contributed by atoms with Crippen LogP contribution in [0.4, 0.5) is 0 Å². The average molecular weight is 282 g/mol. The third kappa shape index (κ3) is 2.79. The Kier molecular flexibility index (Phi) is 3.93. The maximum atomic E-state index is 6.21. The lowest BCUT2D eigenvalue weighted by Gasteiger charge is -2.23. The summed E-state index contributed by atoms with van der Waals surface area (Å²) in [6, 6.07) is 12.6. The Labute approximate surface area is 126 Å². The summed E-state index contributed by atoms with van der Waals surface area (Å²) >= 11 is 0. The topological polar surface area (TPSA) is 48.1 Å². The molecular formula is C18H22N2O. The molecule has 110 valence electrons. The van der Waals surface area contributed by atoms with Crippen LogP contribution in [0, 0.1) is 0 Å². The van der Waals surface area contributed by atoms with Gasteiger partial charge >= 0.3 is 0 Å². The second-order valence-electron chi connectivity index (χ2n) is 5.77. The Morgan fingerprint density at radius 2 is 1.95 bits per heavy atom. The third-order valence-electron chi connectivity index (χ3n) is 4.41. The van der Waals surface area contributed by atoms with Crippen molar-refractivity contribution in [1.29, 1.82) is 0 Å². The van der Waals surface area contributed by atoms with Crippen molar-refractivity contribution in [1.82, 2.24) is 4.98 Å². The molecule has 3 rings (SSSR count). The van der Waals surface area contributed by atoms with E-state index in [4.69, 9.17) is 15.5 Å². The fourth-order valence-electron chi connectivity index (χ4n) is 3.01. The van der Waals surface area contributed by atoms with E-state index in [1.165, 1.54) is 17.5 Å². The number of ether oxygens (including phenoxy) is 1. The molecule has 1 aliphatic rings. The highest BCUT2D eigenvalue weighted by atomic mass is 16.5. The molecule has 0 saturated heterocycles. The van der Waals surface area contributed by atoms with Gasteiger partial charge in [-0.3, -0.25) is 4.98 Å². The van der Waals surface area contributed by atoms with Crippen LogP contribution in [-0.4, -0.2) is 12.1 Å². The van der Waals surface area contributed by atoms with Crippen LogP contribution >= 0.6 is 0 Å².